The lowest BCUT2D eigenvalue weighted by Crippen LogP contribution is -2.03. The molecule has 2 unspecified atom stereocenters. The summed E-state index contributed by atoms with van der Waals surface area (Å²) >= 11 is 8.10. The number of methoxy groups -OCH3 is 2. The van der Waals surface area contributed by atoms with Crippen molar-refractivity contribution in [3.05, 3.63) is 83.9 Å². The molecule has 2 atom stereocenters. The number of alkyl halides is 2. The molecule has 0 fully saturated rings. The Kier molecular flexibility index (Phi) is 13.7. The highest BCUT2D eigenvalue weighted by molar-refractivity contribution is 7.47. The van der Waals surface area contributed by atoms with E-state index in [9.17, 15) is 8.78 Å². The summed E-state index contributed by atoms with van der Waals surface area (Å²) in [6, 6.07) is 21.8. The van der Waals surface area contributed by atoms with E-state index >= 15 is 0 Å². The number of nitrogens with zero attached hydrogens (tertiary/aromatic N) is 1. The number of anilines is 3. The number of thiophene rings is 2. The highest BCUT2D eigenvalue weighted by Crippen LogP contribution is 2.53. The first-order chi connectivity index (χ1) is 22.2. The Morgan fingerprint density at radius 2 is 0.978 bits per heavy atom. The van der Waals surface area contributed by atoms with Crippen LogP contribution in [0.1, 0.15) is 44.1 Å². The summed E-state index contributed by atoms with van der Waals surface area (Å²) < 4.78 is 41.2. The Labute approximate surface area is 282 Å². The molecule has 0 bridgehead atoms. The molecule has 5 aromatic rings. The van der Waals surface area contributed by atoms with Crippen LogP contribution in [0, 0.1) is 0 Å². The highest BCUT2D eigenvalue weighted by atomic mass is 32.1. The average molecular weight is 684 g/mol. The second-order valence-corrected chi connectivity index (χ2v) is 12.2. The molecule has 0 aliphatic rings. The first-order valence-electron chi connectivity index (χ1n) is 14.3. The maximum Gasteiger partial charge on any atom is 0.224 e. The van der Waals surface area contributed by atoms with Crippen LogP contribution in [0.25, 0.3) is 41.8 Å². The third-order valence-electron chi connectivity index (χ3n) is 6.71. The van der Waals surface area contributed by atoms with Gasteiger partial charge in [0.1, 0.15) is 5.69 Å². The Balaban J connectivity index is 0.00000109. The van der Waals surface area contributed by atoms with Crippen molar-refractivity contribution in [2.75, 3.05) is 38.5 Å². The fourth-order valence-electron chi connectivity index (χ4n) is 4.53. The zero-order chi connectivity index (χ0) is 34.0. The molecule has 0 aliphatic carbocycles. The number of nitrogens with two attached hydrogens (primary N) is 4. The smallest absolute Gasteiger partial charge is 0.224 e. The standard InChI is InChI=1S/C30H26F2N4O2S3.C3H8.CH5N/c1-37-29(31)17-7-3-15(4-8-17)19-11-13-21(40-19)23-25(33)26(34)24(28(36-39)27(23)35)22-14-12-20(41-22)16-5-9-18(10-6-16)30(32)38-2;1-3-2;1-2/h3-14,29-30H,33-35H2,1-2H3;3H2,1-2H3;2H2,1H3. The van der Waals surface area contributed by atoms with Crippen LogP contribution >= 0.6 is 22.7 Å². The van der Waals surface area contributed by atoms with E-state index in [1.165, 1.54) is 50.4 Å². The molecule has 2 heterocycles. The molecule has 2 aromatic heterocycles. The molecule has 0 saturated heterocycles. The minimum Gasteiger partial charge on any atom is -0.396 e. The van der Waals surface area contributed by atoms with Crippen LogP contribution in [-0.4, -0.2) is 21.3 Å². The summed E-state index contributed by atoms with van der Waals surface area (Å²) in [4.78, 5) is 3.47. The number of nitrogen functional groups attached to an aromatic ring is 3. The van der Waals surface area contributed by atoms with E-state index in [4.69, 9.17) is 39.1 Å². The van der Waals surface area contributed by atoms with Crippen molar-refractivity contribution in [3.63, 3.8) is 0 Å². The minimum absolute atomic E-state index is 0.328. The summed E-state index contributed by atoms with van der Waals surface area (Å²) in [6.07, 6.45) is -1.71. The van der Waals surface area contributed by atoms with Gasteiger partial charge in [-0.2, -0.15) is 4.36 Å². The normalized spacial score (nSPS) is 11.9. The first-order valence-corrected chi connectivity index (χ1v) is 16.3. The van der Waals surface area contributed by atoms with Crippen molar-refractivity contribution < 1.29 is 18.3 Å². The van der Waals surface area contributed by atoms with Gasteiger partial charge in [0.15, 0.2) is 0 Å². The fraction of sp³-hybridized carbons (Fsp3) is 0.235. The van der Waals surface area contributed by atoms with E-state index < -0.39 is 12.7 Å². The second kappa shape index (κ2) is 17.2. The summed E-state index contributed by atoms with van der Waals surface area (Å²) in [6.45, 7) is 4.25. The molecule has 7 nitrogen and oxygen atoms in total. The second-order valence-electron chi connectivity index (χ2n) is 9.81. The lowest BCUT2D eigenvalue weighted by atomic mass is 9.99. The molecule has 244 valence electrons. The maximum atomic E-state index is 13.8. The van der Waals surface area contributed by atoms with E-state index in [-0.39, 0.29) is 0 Å². The minimum atomic E-state index is -1.48. The van der Waals surface area contributed by atoms with Gasteiger partial charge < -0.3 is 32.4 Å². The predicted octanol–water partition coefficient (Wildman–Crippen LogP) is 9.81. The number of benzene rings is 3. The quantitative estimate of drug-likeness (QED) is 0.114. The van der Waals surface area contributed by atoms with Crippen LogP contribution in [-0.2, 0) is 21.9 Å². The molecular formula is C34H39F2N5O2S3. The molecular weight excluding hydrogens is 645 g/mol. The van der Waals surface area contributed by atoms with Gasteiger partial charge in [-0.25, -0.2) is 8.78 Å². The van der Waals surface area contributed by atoms with E-state index in [0.717, 1.165) is 30.6 Å². The van der Waals surface area contributed by atoms with E-state index in [1.807, 2.05) is 48.5 Å². The first kappa shape index (κ1) is 36.7. The highest BCUT2D eigenvalue weighted by Gasteiger charge is 2.24. The van der Waals surface area contributed by atoms with Gasteiger partial charge in [0, 0.05) is 68.4 Å². The van der Waals surface area contributed by atoms with Crippen molar-refractivity contribution in [2.24, 2.45) is 10.1 Å². The number of hydrogen-bond donors (Lipinski definition) is 4. The van der Waals surface area contributed by atoms with Crippen LogP contribution in [0.4, 0.5) is 31.5 Å². The van der Waals surface area contributed by atoms with Gasteiger partial charge in [0.25, 0.3) is 0 Å². The molecule has 0 amide bonds. The van der Waals surface area contributed by atoms with Crippen LogP contribution < -0.4 is 22.9 Å². The third kappa shape index (κ3) is 7.95. The van der Waals surface area contributed by atoms with Gasteiger partial charge in [-0.3, -0.25) is 0 Å². The Morgan fingerprint density at radius 3 is 1.35 bits per heavy atom. The van der Waals surface area contributed by atoms with E-state index in [2.05, 4.69) is 23.9 Å². The summed E-state index contributed by atoms with van der Waals surface area (Å²) in [5, 5.41) is 0. The molecule has 0 radical (unpaired) electrons. The number of hydrogen-bond acceptors (Lipinski definition) is 10. The predicted molar refractivity (Wildman–Crippen MR) is 194 cm³/mol. The van der Waals surface area contributed by atoms with Gasteiger partial charge >= 0.3 is 0 Å². The largest absolute Gasteiger partial charge is 0.396 e. The van der Waals surface area contributed by atoms with Crippen molar-refractivity contribution in [1.82, 2.24) is 0 Å². The summed E-state index contributed by atoms with van der Waals surface area (Å²) in [7, 11) is 4.14. The van der Waals surface area contributed by atoms with Crippen molar-refractivity contribution in [2.45, 2.75) is 33.0 Å². The molecule has 12 heteroatoms. The lowest BCUT2D eigenvalue weighted by Gasteiger charge is -2.17. The topological polar surface area (TPSA) is 135 Å². The molecule has 46 heavy (non-hydrogen) atoms. The zero-order valence-corrected chi connectivity index (χ0v) is 28.8. The van der Waals surface area contributed by atoms with Gasteiger partial charge in [0.05, 0.1) is 17.1 Å². The zero-order valence-electron chi connectivity index (χ0n) is 26.3. The van der Waals surface area contributed by atoms with Crippen LogP contribution in [0.3, 0.4) is 0 Å². The fourth-order valence-corrected chi connectivity index (χ4v) is 6.88. The van der Waals surface area contributed by atoms with Gasteiger partial charge in [-0.1, -0.05) is 68.8 Å². The maximum absolute atomic E-state index is 13.8. The molecule has 5 rings (SSSR count). The SMILES string of the molecule is CCC.CN.COC(F)c1ccc(-c2ccc(-c3c(N)c(N)c(-c4ccc(-c5ccc(C(F)OC)cc5)s4)c(N=S)c3N)s2)cc1. The monoisotopic (exact) mass is 683 g/mol. The molecule has 8 N–H and O–H groups in total. The van der Waals surface area contributed by atoms with Crippen LogP contribution in [0.15, 0.2) is 77.2 Å². The summed E-state index contributed by atoms with van der Waals surface area (Å²) in [5.41, 5.74) is 29.5. The lowest BCUT2D eigenvalue weighted by molar-refractivity contribution is -0.00682. The van der Waals surface area contributed by atoms with E-state index in [0.29, 0.717) is 45.0 Å². The van der Waals surface area contributed by atoms with Gasteiger partial charge in [-0.15, -0.1) is 22.7 Å². The summed E-state index contributed by atoms with van der Waals surface area (Å²) in [5.74, 6) is 0. The average Bonchev–Trinajstić information content (AvgIpc) is 3.78. The molecule has 0 saturated carbocycles. The Bertz CT molecular complexity index is 1720. The Hall–Kier alpha value is -3.78. The van der Waals surface area contributed by atoms with E-state index in [1.54, 1.807) is 24.3 Å². The number of ether oxygens (including phenoxy) is 2. The van der Waals surface area contributed by atoms with Crippen LogP contribution in [0.5, 0.6) is 0 Å². The van der Waals surface area contributed by atoms with Gasteiger partial charge in [0.2, 0.25) is 12.7 Å². The molecule has 3 aromatic carbocycles. The van der Waals surface area contributed by atoms with Gasteiger partial charge in [-0.05, 0) is 42.4 Å². The Morgan fingerprint density at radius 1 is 0.630 bits per heavy atom. The number of halogens is 2. The van der Waals surface area contributed by atoms with Crippen molar-refractivity contribution in [3.8, 4) is 41.8 Å². The number of rotatable bonds is 9. The molecule has 0 aliphatic heterocycles. The third-order valence-corrected chi connectivity index (χ3v) is 9.20. The molecule has 0 spiro atoms. The van der Waals surface area contributed by atoms with Crippen LogP contribution in [0.2, 0.25) is 0 Å². The van der Waals surface area contributed by atoms with Crippen molar-refractivity contribution in [1.29, 1.82) is 0 Å². The van der Waals surface area contributed by atoms with Crippen molar-refractivity contribution >= 4 is 57.8 Å².